The first-order chi connectivity index (χ1) is 17.3. The van der Waals surface area contributed by atoms with E-state index in [4.69, 9.17) is 22.9 Å². The monoisotopic (exact) mass is 528 g/mol. The number of nitrogens with zero attached hydrogens (tertiary/aromatic N) is 1. The molecule has 214 valence electrons. The van der Waals surface area contributed by atoms with Crippen LogP contribution in [-0.2, 0) is 19.2 Å². The molecule has 0 heterocycles. The fraction of sp³-hybridized carbons (Fsp3) is 0.792. The third-order valence-electron chi connectivity index (χ3n) is 5.54. The predicted octanol–water partition coefficient (Wildman–Crippen LogP) is -0.872. The van der Waals surface area contributed by atoms with Gasteiger partial charge in [0.25, 0.3) is 0 Å². The van der Waals surface area contributed by atoms with Gasteiger partial charge in [0, 0.05) is 6.54 Å². The van der Waals surface area contributed by atoms with Crippen LogP contribution >= 0.6 is 0 Å². The van der Waals surface area contributed by atoms with Crippen LogP contribution in [0.5, 0.6) is 0 Å². The Balaban J connectivity index is 5.57. The summed E-state index contributed by atoms with van der Waals surface area (Å²) in [6.45, 7) is 8.29. The number of hydrogen-bond donors (Lipinski definition) is 8. The van der Waals surface area contributed by atoms with Gasteiger partial charge < -0.3 is 44.0 Å². The first-order valence-electron chi connectivity index (χ1n) is 12.9. The maximum Gasteiger partial charge on any atom is 0.326 e. The van der Waals surface area contributed by atoms with Crippen molar-refractivity contribution in [1.82, 2.24) is 16.0 Å². The third kappa shape index (κ3) is 15.7. The number of nitrogens with one attached hydrogen (secondary N) is 3. The number of carbonyl (C=O) groups is 4. The van der Waals surface area contributed by atoms with Gasteiger partial charge in [-0.15, -0.1) is 0 Å². The molecule has 37 heavy (non-hydrogen) atoms. The zero-order chi connectivity index (χ0) is 28.5. The largest absolute Gasteiger partial charge is 0.480 e. The van der Waals surface area contributed by atoms with Crippen molar-refractivity contribution in [3.05, 3.63) is 0 Å². The predicted molar refractivity (Wildman–Crippen MR) is 143 cm³/mol. The Bertz CT molecular complexity index is 755. The number of unbranched alkanes of at least 4 members (excludes halogenated alkanes) is 1. The van der Waals surface area contributed by atoms with E-state index in [1.165, 1.54) is 0 Å². The highest BCUT2D eigenvalue weighted by atomic mass is 16.4. The second-order valence-electron chi connectivity index (χ2n) is 10.1. The Labute approximate surface area is 219 Å². The molecule has 0 bridgehead atoms. The number of aliphatic imine (C=N–C) groups is 1. The zero-order valence-corrected chi connectivity index (χ0v) is 22.7. The number of amides is 3. The van der Waals surface area contributed by atoms with Crippen LogP contribution in [0.4, 0.5) is 0 Å². The zero-order valence-electron chi connectivity index (χ0n) is 22.7. The lowest BCUT2D eigenvalue weighted by Crippen LogP contribution is -2.57. The highest BCUT2D eigenvalue weighted by Crippen LogP contribution is 2.10. The SMILES string of the molecule is CC(C)CC(N)C(=O)NC(CCCN=C(N)N)C(=O)NC(CC(C)C)C(=O)NC(CCCCN)C(=O)O. The van der Waals surface area contributed by atoms with Crippen LogP contribution < -0.4 is 38.9 Å². The molecule has 13 heteroatoms. The fourth-order valence-electron chi connectivity index (χ4n) is 3.66. The number of rotatable bonds is 19. The average Bonchev–Trinajstić information content (AvgIpc) is 2.78. The summed E-state index contributed by atoms with van der Waals surface area (Å²) >= 11 is 0. The summed E-state index contributed by atoms with van der Waals surface area (Å²) in [7, 11) is 0. The lowest BCUT2D eigenvalue weighted by Gasteiger charge is -2.26. The molecule has 0 aliphatic rings. The van der Waals surface area contributed by atoms with Crippen LogP contribution in [0.25, 0.3) is 0 Å². The number of carboxylic acid groups (broad SMARTS) is 1. The van der Waals surface area contributed by atoms with Crippen molar-refractivity contribution in [2.24, 2.45) is 39.8 Å². The summed E-state index contributed by atoms with van der Waals surface area (Å²) in [5, 5.41) is 17.4. The number of nitrogens with two attached hydrogens (primary N) is 4. The molecule has 3 amide bonds. The Hall–Kier alpha value is -2.93. The van der Waals surface area contributed by atoms with E-state index >= 15 is 0 Å². The minimum Gasteiger partial charge on any atom is -0.480 e. The summed E-state index contributed by atoms with van der Waals surface area (Å²) in [6, 6.07) is -3.88. The summed E-state index contributed by atoms with van der Waals surface area (Å²) in [4.78, 5) is 54.4. The molecule has 0 saturated carbocycles. The first kappa shape index (κ1) is 34.1. The molecular weight excluding hydrogens is 480 g/mol. The van der Waals surface area contributed by atoms with Crippen LogP contribution in [-0.4, -0.2) is 72.0 Å². The van der Waals surface area contributed by atoms with Crippen molar-refractivity contribution in [3.8, 4) is 0 Å². The molecular formula is C24H48N8O5. The molecule has 0 fully saturated rings. The molecule has 13 nitrogen and oxygen atoms in total. The lowest BCUT2D eigenvalue weighted by atomic mass is 10.0. The number of hydrogen-bond acceptors (Lipinski definition) is 7. The number of aliphatic carboxylic acids is 1. The Morgan fingerprint density at radius 2 is 1.27 bits per heavy atom. The molecule has 0 aromatic carbocycles. The number of carbonyl (C=O) groups excluding carboxylic acids is 3. The lowest BCUT2D eigenvalue weighted by molar-refractivity contribution is -0.142. The van der Waals surface area contributed by atoms with Crippen molar-refractivity contribution in [2.75, 3.05) is 13.1 Å². The maximum atomic E-state index is 13.2. The van der Waals surface area contributed by atoms with Crippen molar-refractivity contribution in [3.63, 3.8) is 0 Å². The normalized spacial score (nSPS) is 14.4. The van der Waals surface area contributed by atoms with E-state index in [9.17, 15) is 24.3 Å². The van der Waals surface area contributed by atoms with E-state index in [1.807, 2.05) is 27.7 Å². The van der Waals surface area contributed by atoms with E-state index in [2.05, 4.69) is 20.9 Å². The quantitative estimate of drug-likeness (QED) is 0.0589. The molecule has 0 radical (unpaired) electrons. The van der Waals surface area contributed by atoms with E-state index in [1.54, 1.807) is 0 Å². The summed E-state index contributed by atoms with van der Waals surface area (Å²) in [5.41, 5.74) is 22.2. The molecule has 4 atom stereocenters. The van der Waals surface area contributed by atoms with Crippen LogP contribution in [0.3, 0.4) is 0 Å². The van der Waals surface area contributed by atoms with Gasteiger partial charge in [-0.3, -0.25) is 19.4 Å². The van der Waals surface area contributed by atoms with E-state index in [0.717, 1.165) is 0 Å². The molecule has 0 rings (SSSR count). The van der Waals surface area contributed by atoms with Gasteiger partial charge >= 0.3 is 5.97 Å². The standard InChI is InChI=1S/C24H48N8O5/c1-14(2)12-16(26)20(33)30-17(9-7-11-29-24(27)28)21(34)32-19(13-15(3)4)22(35)31-18(23(36)37)8-5-6-10-25/h14-19H,5-13,25-26H2,1-4H3,(H,30,33)(H,31,35)(H,32,34)(H,36,37)(H4,27,28,29). The van der Waals surface area contributed by atoms with Crippen molar-refractivity contribution < 1.29 is 24.3 Å². The topological polar surface area (TPSA) is 241 Å². The molecule has 0 spiro atoms. The van der Waals surface area contributed by atoms with E-state index < -0.39 is 47.9 Å². The van der Waals surface area contributed by atoms with Gasteiger partial charge in [0.05, 0.1) is 6.04 Å². The van der Waals surface area contributed by atoms with Crippen molar-refractivity contribution in [2.45, 2.75) is 96.8 Å². The van der Waals surface area contributed by atoms with Gasteiger partial charge in [-0.1, -0.05) is 27.7 Å². The maximum absolute atomic E-state index is 13.2. The van der Waals surface area contributed by atoms with Crippen molar-refractivity contribution >= 4 is 29.7 Å². The smallest absolute Gasteiger partial charge is 0.326 e. The number of carboxylic acids is 1. The van der Waals surface area contributed by atoms with Crippen LogP contribution in [0, 0.1) is 11.8 Å². The number of guanidine groups is 1. The van der Waals surface area contributed by atoms with E-state index in [0.29, 0.717) is 32.2 Å². The minimum absolute atomic E-state index is 0.0194. The van der Waals surface area contributed by atoms with Crippen molar-refractivity contribution in [1.29, 1.82) is 0 Å². The first-order valence-corrected chi connectivity index (χ1v) is 12.9. The Morgan fingerprint density at radius 1 is 0.757 bits per heavy atom. The molecule has 0 aliphatic carbocycles. The van der Waals surface area contributed by atoms with Gasteiger partial charge in [-0.25, -0.2) is 4.79 Å². The van der Waals surface area contributed by atoms with E-state index in [-0.39, 0.29) is 43.6 Å². The van der Waals surface area contributed by atoms with Crippen LogP contribution in [0.2, 0.25) is 0 Å². The highest BCUT2D eigenvalue weighted by Gasteiger charge is 2.30. The summed E-state index contributed by atoms with van der Waals surface area (Å²) in [6.07, 6.45) is 2.69. The van der Waals surface area contributed by atoms with Gasteiger partial charge in [0.2, 0.25) is 17.7 Å². The third-order valence-corrected chi connectivity index (χ3v) is 5.54. The second-order valence-corrected chi connectivity index (χ2v) is 10.1. The molecule has 0 saturated heterocycles. The Morgan fingerprint density at radius 3 is 1.78 bits per heavy atom. The Kier molecular flexibility index (Phi) is 16.9. The molecule has 0 aromatic heterocycles. The molecule has 0 aromatic rings. The van der Waals surface area contributed by atoms with Gasteiger partial charge in [-0.2, -0.15) is 0 Å². The van der Waals surface area contributed by atoms with Gasteiger partial charge in [0.1, 0.15) is 18.1 Å². The second kappa shape index (κ2) is 18.3. The summed E-state index contributed by atoms with van der Waals surface area (Å²) < 4.78 is 0. The minimum atomic E-state index is -1.16. The highest BCUT2D eigenvalue weighted by molar-refractivity contribution is 5.94. The van der Waals surface area contributed by atoms with Gasteiger partial charge in [0.15, 0.2) is 5.96 Å². The molecule has 12 N–H and O–H groups in total. The average molecular weight is 529 g/mol. The fourth-order valence-corrected chi connectivity index (χ4v) is 3.66. The summed E-state index contributed by atoms with van der Waals surface area (Å²) in [5.74, 6) is -2.71. The van der Waals surface area contributed by atoms with Crippen LogP contribution in [0.15, 0.2) is 4.99 Å². The molecule has 4 unspecified atom stereocenters. The van der Waals surface area contributed by atoms with Crippen LogP contribution in [0.1, 0.15) is 72.6 Å². The van der Waals surface area contributed by atoms with Gasteiger partial charge in [-0.05, 0) is 63.3 Å². The molecule has 0 aliphatic heterocycles.